The second-order valence-corrected chi connectivity index (χ2v) is 7.66. The molecule has 29 heavy (non-hydrogen) atoms. The Bertz CT molecular complexity index is 1080. The summed E-state index contributed by atoms with van der Waals surface area (Å²) in [5.74, 6) is -0.256. The van der Waals surface area contributed by atoms with Crippen LogP contribution in [-0.4, -0.2) is 23.3 Å². The van der Waals surface area contributed by atoms with Gasteiger partial charge in [0, 0.05) is 17.1 Å². The summed E-state index contributed by atoms with van der Waals surface area (Å²) in [7, 11) is 0. The van der Waals surface area contributed by atoms with Crippen LogP contribution in [0.2, 0.25) is 5.02 Å². The molecule has 1 aromatic heterocycles. The smallest absolute Gasteiger partial charge is 0.264 e. The molecule has 6 heteroatoms. The summed E-state index contributed by atoms with van der Waals surface area (Å²) in [6.07, 6.45) is 0.212. The van der Waals surface area contributed by atoms with E-state index in [9.17, 15) is 14.7 Å². The Labute approximate surface area is 173 Å². The Morgan fingerprint density at radius 2 is 1.90 bits per heavy atom. The normalized spacial score (nSPS) is 18.2. The first-order valence-corrected chi connectivity index (χ1v) is 9.74. The Balaban J connectivity index is 1.65. The molecule has 2 heterocycles. The number of nitrogens with zero attached hydrogens (tertiary/aromatic N) is 1. The van der Waals surface area contributed by atoms with Gasteiger partial charge in [0.25, 0.3) is 5.91 Å². The standard InChI is InChI=1S/C23H20ClNO4/c1-15-7-10-21(29-15)20(26)14-23(28)18-13-17(24)8-9-19(18)25(22(23)27)12-11-16-5-3-2-4-6-16/h2-10,13,28H,11-12,14H2,1H3. The number of aryl methyl sites for hydroxylation is 1. The van der Waals surface area contributed by atoms with Crippen molar-refractivity contribution in [1.82, 2.24) is 0 Å². The fourth-order valence-electron chi connectivity index (χ4n) is 3.71. The topological polar surface area (TPSA) is 70.8 Å². The molecule has 3 aromatic rings. The maximum Gasteiger partial charge on any atom is 0.264 e. The molecule has 1 N–H and O–H groups in total. The molecule has 1 unspecified atom stereocenters. The van der Waals surface area contributed by atoms with E-state index in [1.54, 1.807) is 37.3 Å². The van der Waals surface area contributed by atoms with Crippen molar-refractivity contribution < 1.29 is 19.1 Å². The van der Waals surface area contributed by atoms with Gasteiger partial charge in [-0.1, -0.05) is 41.9 Å². The van der Waals surface area contributed by atoms with Crippen LogP contribution in [0.1, 0.15) is 33.9 Å². The molecule has 148 valence electrons. The highest BCUT2D eigenvalue weighted by Gasteiger charge is 2.51. The zero-order chi connectivity index (χ0) is 20.6. The fraction of sp³-hybridized carbons (Fsp3) is 0.217. The first kappa shape index (κ1) is 19.4. The van der Waals surface area contributed by atoms with Gasteiger partial charge in [-0.05, 0) is 49.2 Å². The summed E-state index contributed by atoms with van der Waals surface area (Å²) >= 11 is 6.13. The second-order valence-electron chi connectivity index (χ2n) is 7.22. The lowest BCUT2D eigenvalue weighted by molar-refractivity contribution is -0.135. The van der Waals surface area contributed by atoms with Crippen LogP contribution in [0.3, 0.4) is 0 Å². The van der Waals surface area contributed by atoms with Crippen LogP contribution in [0.4, 0.5) is 5.69 Å². The molecule has 0 saturated heterocycles. The molecule has 0 spiro atoms. The Kier molecular flexibility index (Phi) is 5.03. The van der Waals surface area contributed by atoms with Crippen molar-refractivity contribution in [1.29, 1.82) is 0 Å². The van der Waals surface area contributed by atoms with Crippen LogP contribution >= 0.6 is 11.6 Å². The zero-order valence-electron chi connectivity index (χ0n) is 15.9. The molecule has 0 aliphatic carbocycles. The third-order valence-corrected chi connectivity index (χ3v) is 5.43. The molecule has 4 rings (SSSR count). The fourth-order valence-corrected chi connectivity index (χ4v) is 3.88. The van der Waals surface area contributed by atoms with E-state index in [1.807, 2.05) is 30.3 Å². The maximum absolute atomic E-state index is 13.2. The van der Waals surface area contributed by atoms with Crippen LogP contribution in [0, 0.1) is 6.92 Å². The molecular weight excluding hydrogens is 390 g/mol. The number of ketones is 1. The van der Waals surface area contributed by atoms with Crippen LogP contribution in [0.5, 0.6) is 0 Å². The number of Topliss-reactive ketones (excluding diaryl/α,β-unsaturated/α-hetero) is 1. The first-order chi connectivity index (χ1) is 13.9. The van der Waals surface area contributed by atoms with E-state index in [0.717, 1.165) is 5.56 Å². The maximum atomic E-state index is 13.2. The summed E-state index contributed by atoms with van der Waals surface area (Å²) < 4.78 is 5.37. The number of furan rings is 1. The van der Waals surface area contributed by atoms with Crippen LogP contribution < -0.4 is 4.90 Å². The van der Waals surface area contributed by atoms with Crippen molar-refractivity contribution in [2.75, 3.05) is 11.4 Å². The van der Waals surface area contributed by atoms with E-state index < -0.39 is 23.7 Å². The van der Waals surface area contributed by atoms with Crippen LogP contribution in [0.25, 0.3) is 0 Å². The lowest BCUT2D eigenvalue weighted by Gasteiger charge is -2.22. The van der Waals surface area contributed by atoms with Crippen molar-refractivity contribution >= 4 is 29.0 Å². The molecule has 5 nitrogen and oxygen atoms in total. The first-order valence-electron chi connectivity index (χ1n) is 9.36. The summed E-state index contributed by atoms with van der Waals surface area (Å²) in [5, 5.41) is 11.7. The average molecular weight is 410 g/mol. The van der Waals surface area contributed by atoms with E-state index in [0.29, 0.717) is 35.0 Å². The number of rotatable bonds is 6. The van der Waals surface area contributed by atoms with Gasteiger partial charge in [0.15, 0.2) is 11.4 Å². The monoisotopic (exact) mass is 409 g/mol. The van der Waals surface area contributed by atoms with Crippen molar-refractivity contribution in [2.45, 2.75) is 25.4 Å². The number of fused-ring (bicyclic) bond motifs is 1. The summed E-state index contributed by atoms with van der Waals surface area (Å²) in [5.41, 5.74) is 0.0173. The lowest BCUT2D eigenvalue weighted by Crippen LogP contribution is -2.42. The summed E-state index contributed by atoms with van der Waals surface area (Å²) in [4.78, 5) is 27.5. The molecule has 0 fully saturated rings. The van der Waals surface area contributed by atoms with Crippen LogP contribution in [-0.2, 0) is 16.8 Å². The number of hydrogen-bond acceptors (Lipinski definition) is 4. The Morgan fingerprint density at radius 1 is 1.14 bits per heavy atom. The molecule has 1 aliphatic heterocycles. The number of hydrogen-bond donors (Lipinski definition) is 1. The van der Waals surface area contributed by atoms with Crippen molar-refractivity contribution in [2.24, 2.45) is 0 Å². The molecule has 1 atom stereocenters. The highest BCUT2D eigenvalue weighted by atomic mass is 35.5. The van der Waals surface area contributed by atoms with Gasteiger partial charge in [0.05, 0.1) is 12.1 Å². The van der Waals surface area contributed by atoms with Gasteiger partial charge in [0.2, 0.25) is 5.78 Å². The third kappa shape index (κ3) is 3.59. The minimum atomic E-state index is -1.98. The van der Waals surface area contributed by atoms with E-state index in [2.05, 4.69) is 0 Å². The van der Waals surface area contributed by atoms with Gasteiger partial charge in [-0.3, -0.25) is 9.59 Å². The average Bonchev–Trinajstić information content (AvgIpc) is 3.23. The Morgan fingerprint density at radius 3 is 2.59 bits per heavy atom. The predicted octanol–water partition coefficient (Wildman–Crippen LogP) is 4.29. The summed E-state index contributed by atoms with van der Waals surface area (Å²) in [6.45, 7) is 2.11. The SMILES string of the molecule is Cc1ccc(C(=O)CC2(O)C(=O)N(CCc3ccccc3)c3ccc(Cl)cc32)o1. The van der Waals surface area contributed by atoms with Crippen LogP contribution in [0.15, 0.2) is 65.1 Å². The number of amides is 1. The largest absolute Gasteiger partial charge is 0.458 e. The molecule has 2 aromatic carbocycles. The van der Waals surface area contributed by atoms with Gasteiger partial charge in [-0.15, -0.1) is 0 Å². The number of anilines is 1. The molecule has 1 amide bonds. The number of carbonyl (C=O) groups excluding carboxylic acids is 2. The van der Waals surface area contributed by atoms with E-state index >= 15 is 0 Å². The van der Waals surface area contributed by atoms with Gasteiger partial charge in [0.1, 0.15) is 5.76 Å². The number of halogens is 1. The molecule has 0 bridgehead atoms. The summed E-state index contributed by atoms with van der Waals surface area (Å²) in [6, 6.07) is 17.9. The van der Waals surface area contributed by atoms with Gasteiger partial charge in [-0.2, -0.15) is 0 Å². The molecule has 0 radical (unpaired) electrons. The van der Waals surface area contributed by atoms with Crippen molar-refractivity contribution in [3.63, 3.8) is 0 Å². The lowest BCUT2D eigenvalue weighted by atomic mass is 9.89. The minimum absolute atomic E-state index is 0.120. The quantitative estimate of drug-likeness (QED) is 0.616. The van der Waals surface area contributed by atoms with Gasteiger partial charge < -0.3 is 14.4 Å². The minimum Gasteiger partial charge on any atom is -0.458 e. The second kappa shape index (κ2) is 7.50. The highest BCUT2D eigenvalue weighted by molar-refractivity contribution is 6.31. The molecule has 1 aliphatic rings. The zero-order valence-corrected chi connectivity index (χ0v) is 16.6. The molecular formula is C23H20ClNO4. The number of carbonyl (C=O) groups is 2. The number of aliphatic hydroxyl groups is 1. The van der Waals surface area contributed by atoms with Gasteiger partial charge >= 0.3 is 0 Å². The van der Waals surface area contributed by atoms with Crippen molar-refractivity contribution in [3.8, 4) is 0 Å². The van der Waals surface area contributed by atoms with Gasteiger partial charge in [-0.25, -0.2) is 0 Å². The van der Waals surface area contributed by atoms with Crippen molar-refractivity contribution in [3.05, 3.63) is 88.3 Å². The highest BCUT2D eigenvalue weighted by Crippen LogP contribution is 2.44. The number of benzene rings is 2. The van der Waals surface area contributed by atoms with E-state index in [-0.39, 0.29) is 5.76 Å². The van der Waals surface area contributed by atoms with E-state index in [4.69, 9.17) is 16.0 Å². The Hall–Kier alpha value is -2.89. The predicted molar refractivity (Wildman–Crippen MR) is 110 cm³/mol. The van der Waals surface area contributed by atoms with E-state index in [1.165, 1.54) is 4.90 Å². The third-order valence-electron chi connectivity index (χ3n) is 5.19. The molecule has 0 saturated carbocycles.